The molecule has 1 aliphatic carbocycles. The van der Waals surface area contributed by atoms with Gasteiger partial charge >= 0.3 is 0 Å². The third-order valence-corrected chi connectivity index (χ3v) is 4.65. The van der Waals surface area contributed by atoms with Crippen LogP contribution in [0.5, 0.6) is 0 Å². The zero-order chi connectivity index (χ0) is 13.9. The van der Waals surface area contributed by atoms with Crippen LogP contribution in [-0.2, 0) is 12.3 Å². The summed E-state index contributed by atoms with van der Waals surface area (Å²) in [5.74, 6) is -3.29. The van der Waals surface area contributed by atoms with Crippen molar-refractivity contribution in [3.63, 3.8) is 0 Å². The molecule has 0 amide bonds. The first-order chi connectivity index (χ1) is 8.84. The first-order valence-corrected chi connectivity index (χ1v) is 6.74. The topological polar surface area (TPSA) is 0 Å². The van der Waals surface area contributed by atoms with Gasteiger partial charge < -0.3 is 0 Å². The Bertz CT molecular complexity index is 683. The quantitative estimate of drug-likeness (QED) is 0.622. The Kier molecular flexibility index (Phi) is 2.51. The zero-order valence-electron chi connectivity index (χ0n) is 11.8. The molecule has 0 aromatic heterocycles. The van der Waals surface area contributed by atoms with Gasteiger partial charge in [-0.15, -0.1) is 0 Å². The van der Waals surface area contributed by atoms with Crippen LogP contribution in [0.2, 0.25) is 0 Å². The molecule has 0 spiro atoms. The van der Waals surface area contributed by atoms with E-state index >= 15 is 0 Å². The lowest BCUT2D eigenvalue weighted by Gasteiger charge is -2.19. The van der Waals surface area contributed by atoms with E-state index in [0.717, 1.165) is 33.0 Å². The summed E-state index contributed by atoms with van der Waals surface area (Å²) in [6.45, 7) is 7.54. The summed E-state index contributed by atoms with van der Waals surface area (Å²) >= 11 is 0. The third-order valence-electron chi connectivity index (χ3n) is 4.65. The van der Waals surface area contributed by atoms with E-state index in [1.54, 1.807) is 6.92 Å². The largest absolute Gasteiger partial charge is 0.276 e. The van der Waals surface area contributed by atoms with Crippen LogP contribution in [0.3, 0.4) is 0 Å². The van der Waals surface area contributed by atoms with E-state index < -0.39 is 11.8 Å². The normalized spacial score (nSPS) is 20.8. The van der Waals surface area contributed by atoms with E-state index in [9.17, 15) is 8.78 Å². The van der Waals surface area contributed by atoms with Gasteiger partial charge in [0.2, 0.25) is 0 Å². The Balaban J connectivity index is 2.45. The smallest absolute Gasteiger partial charge is 0.201 e. The van der Waals surface area contributed by atoms with Crippen molar-refractivity contribution in [1.82, 2.24) is 0 Å². The average Bonchev–Trinajstić information content (AvgIpc) is 2.55. The van der Waals surface area contributed by atoms with E-state index in [1.807, 2.05) is 32.9 Å². The van der Waals surface area contributed by atoms with Crippen LogP contribution in [0.25, 0.3) is 10.8 Å². The van der Waals surface area contributed by atoms with E-state index in [2.05, 4.69) is 6.07 Å². The number of alkyl halides is 2. The highest BCUT2D eigenvalue weighted by Crippen LogP contribution is 2.49. The van der Waals surface area contributed by atoms with Crippen LogP contribution < -0.4 is 0 Å². The van der Waals surface area contributed by atoms with Gasteiger partial charge in [-0.25, -0.2) is 8.78 Å². The second kappa shape index (κ2) is 3.78. The monoisotopic (exact) mass is 260 g/mol. The van der Waals surface area contributed by atoms with Gasteiger partial charge in [-0.05, 0) is 60.2 Å². The van der Waals surface area contributed by atoms with Crippen molar-refractivity contribution in [2.45, 2.75) is 40.0 Å². The van der Waals surface area contributed by atoms with E-state index in [0.29, 0.717) is 6.42 Å². The highest BCUT2D eigenvalue weighted by atomic mass is 19.3. The minimum atomic E-state index is -2.69. The molecule has 2 heteroatoms. The standard InChI is InChI=1S/C17H18F2/c1-9-5-6-13-8-14-7-10(2)17(18,19)16(14)12(4)15(13)11(9)3/h5-6,8,10H,7H2,1-4H3. The molecule has 0 saturated carbocycles. The van der Waals surface area contributed by atoms with Gasteiger partial charge in [0, 0.05) is 11.5 Å². The number of hydrogen-bond donors (Lipinski definition) is 0. The molecule has 0 aliphatic heterocycles. The molecule has 1 unspecified atom stereocenters. The Morgan fingerprint density at radius 3 is 2.47 bits per heavy atom. The molecule has 2 aromatic rings. The summed E-state index contributed by atoms with van der Waals surface area (Å²) in [4.78, 5) is 0. The highest BCUT2D eigenvalue weighted by molar-refractivity contribution is 5.91. The number of halogens is 2. The fourth-order valence-electron chi connectivity index (χ4n) is 3.41. The second-order valence-corrected chi connectivity index (χ2v) is 5.87. The molecule has 3 rings (SSSR count). The molecule has 0 fully saturated rings. The predicted octanol–water partition coefficient (Wildman–Crippen LogP) is 5.05. The highest BCUT2D eigenvalue weighted by Gasteiger charge is 2.47. The fraction of sp³-hybridized carbons (Fsp3) is 0.412. The summed E-state index contributed by atoms with van der Waals surface area (Å²) in [5.41, 5.74) is 4.15. The van der Waals surface area contributed by atoms with Crippen molar-refractivity contribution < 1.29 is 8.78 Å². The molecule has 0 nitrogen and oxygen atoms in total. The van der Waals surface area contributed by atoms with Gasteiger partial charge in [0.25, 0.3) is 5.92 Å². The first-order valence-electron chi connectivity index (χ1n) is 6.74. The van der Waals surface area contributed by atoms with E-state index in [4.69, 9.17) is 0 Å². The lowest BCUT2D eigenvalue weighted by atomic mass is 9.91. The number of aryl methyl sites for hydroxylation is 3. The molecular formula is C17H18F2. The maximum absolute atomic E-state index is 14.4. The van der Waals surface area contributed by atoms with Crippen molar-refractivity contribution in [2.24, 2.45) is 5.92 Å². The van der Waals surface area contributed by atoms with Gasteiger partial charge in [0.1, 0.15) is 0 Å². The van der Waals surface area contributed by atoms with Crippen molar-refractivity contribution in [2.75, 3.05) is 0 Å². The Morgan fingerprint density at radius 1 is 1.11 bits per heavy atom. The summed E-state index contributed by atoms with van der Waals surface area (Å²) < 4.78 is 28.7. The van der Waals surface area contributed by atoms with Gasteiger partial charge in [0.05, 0.1) is 0 Å². The van der Waals surface area contributed by atoms with Gasteiger partial charge in [0.15, 0.2) is 0 Å². The molecule has 19 heavy (non-hydrogen) atoms. The van der Waals surface area contributed by atoms with Crippen LogP contribution in [0, 0.1) is 26.7 Å². The molecule has 100 valence electrons. The third kappa shape index (κ3) is 1.55. The van der Waals surface area contributed by atoms with Gasteiger partial charge in [-0.2, -0.15) is 0 Å². The van der Waals surface area contributed by atoms with Crippen LogP contribution in [0.15, 0.2) is 18.2 Å². The lowest BCUT2D eigenvalue weighted by Crippen LogP contribution is -2.18. The Labute approximate surface area is 112 Å². The van der Waals surface area contributed by atoms with Crippen molar-refractivity contribution in [3.05, 3.63) is 46.0 Å². The van der Waals surface area contributed by atoms with Crippen LogP contribution in [0.4, 0.5) is 8.78 Å². The van der Waals surface area contributed by atoms with Crippen LogP contribution in [0.1, 0.15) is 34.7 Å². The summed E-state index contributed by atoms with van der Waals surface area (Å²) in [7, 11) is 0. The van der Waals surface area contributed by atoms with Gasteiger partial charge in [-0.1, -0.05) is 25.1 Å². The SMILES string of the molecule is Cc1ccc2cc3c(c(C)c2c1C)C(F)(F)C(C)C3. The van der Waals surface area contributed by atoms with Crippen molar-refractivity contribution in [3.8, 4) is 0 Å². The predicted molar refractivity (Wildman–Crippen MR) is 74.9 cm³/mol. The fourth-order valence-corrected chi connectivity index (χ4v) is 3.41. The molecule has 0 radical (unpaired) electrons. The first kappa shape index (κ1) is 12.6. The summed E-state index contributed by atoms with van der Waals surface area (Å²) in [6.07, 6.45) is 0.478. The minimum absolute atomic E-state index is 0.279. The maximum atomic E-state index is 14.4. The molecule has 2 aromatic carbocycles. The van der Waals surface area contributed by atoms with Crippen molar-refractivity contribution in [1.29, 1.82) is 0 Å². The minimum Gasteiger partial charge on any atom is -0.201 e. The number of rotatable bonds is 0. The molecule has 1 aliphatic rings. The number of fused-ring (bicyclic) bond motifs is 2. The Morgan fingerprint density at radius 2 is 1.79 bits per heavy atom. The molecule has 0 saturated heterocycles. The lowest BCUT2D eigenvalue weighted by molar-refractivity contribution is -0.0454. The maximum Gasteiger partial charge on any atom is 0.276 e. The molecular weight excluding hydrogens is 242 g/mol. The summed E-state index contributed by atoms with van der Waals surface area (Å²) in [5, 5.41) is 2.09. The zero-order valence-corrected chi connectivity index (χ0v) is 11.8. The summed E-state index contributed by atoms with van der Waals surface area (Å²) in [6, 6.07) is 6.08. The van der Waals surface area contributed by atoms with Crippen molar-refractivity contribution >= 4 is 10.8 Å². The van der Waals surface area contributed by atoms with E-state index in [-0.39, 0.29) is 5.56 Å². The number of benzene rings is 2. The van der Waals surface area contributed by atoms with E-state index in [1.165, 1.54) is 0 Å². The van der Waals surface area contributed by atoms with Gasteiger partial charge in [-0.3, -0.25) is 0 Å². The molecule has 0 N–H and O–H groups in total. The molecule has 0 bridgehead atoms. The molecule has 1 atom stereocenters. The second-order valence-electron chi connectivity index (χ2n) is 5.87. The van der Waals surface area contributed by atoms with Crippen LogP contribution >= 0.6 is 0 Å². The molecule has 0 heterocycles. The number of hydrogen-bond acceptors (Lipinski definition) is 0. The average molecular weight is 260 g/mol. The van der Waals surface area contributed by atoms with Crippen LogP contribution in [-0.4, -0.2) is 0 Å². The Hall–Kier alpha value is -1.44.